The summed E-state index contributed by atoms with van der Waals surface area (Å²) in [4.78, 5) is 0. The number of aromatic nitrogens is 2. The van der Waals surface area contributed by atoms with Gasteiger partial charge in [-0.05, 0) is 40.2 Å². The topological polar surface area (TPSA) is 29.9 Å². The molecular formula is C11H11Br2N3. The van der Waals surface area contributed by atoms with Gasteiger partial charge in [-0.2, -0.15) is 5.10 Å². The fraction of sp³-hybridized carbons (Fsp3) is 0.182. The van der Waals surface area contributed by atoms with Gasteiger partial charge in [0.15, 0.2) is 0 Å². The van der Waals surface area contributed by atoms with E-state index in [1.54, 1.807) is 6.20 Å². The maximum absolute atomic E-state index is 4.12. The molecule has 0 unspecified atom stereocenters. The van der Waals surface area contributed by atoms with E-state index in [0.717, 1.165) is 26.9 Å². The standard InChI is InChI=1S/C11H11Br2N3/c1-16-9(4-5-15-16)7-14-11-3-2-8(12)6-10(11)13/h2-6,14H,7H2,1H3. The first-order chi connectivity index (χ1) is 7.66. The lowest BCUT2D eigenvalue weighted by atomic mass is 10.3. The van der Waals surface area contributed by atoms with Crippen molar-refractivity contribution in [3.8, 4) is 0 Å². The highest BCUT2D eigenvalue weighted by Crippen LogP contribution is 2.26. The van der Waals surface area contributed by atoms with Crippen LogP contribution in [-0.4, -0.2) is 9.78 Å². The Morgan fingerprint density at radius 2 is 2.12 bits per heavy atom. The molecule has 0 saturated heterocycles. The minimum Gasteiger partial charge on any atom is -0.378 e. The van der Waals surface area contributed by atoms with Crippen molar-refractivity contribution in [3.05, 3.63) is 45.1 Å². The molecule has 1 aromatic carbocycles. The van der Waals surface area contributed by atoms with E-state index in [4.69, 9.17) is 0 Å². The predicted octanol–water partition coefficient (Wildman–Crippen LogP) is 3.56. The molecule has 0 aliphatic rings. The van der Waals surface area contributed by atoms with E-state index in [-0.39, 0.29) is 0 Å². The van der Waals surface area contributed by atoms with Gasteiger partial charge in [-0.1, -0.05) is 15.9 Å². The normalized spacial score (nSPS) is 10.4. The molecule has 0 aliphatic carbocycles. The third-order valence-corrected chi connectivity index (χ3v) is 3.46. The van der Waals surface area contributed by atoms with Gasteiger partial charge in [-0.25, -0.2) is 0 Å². The Bertz CT molecular complexity index is 494. The number of halogens is 2. The van der Waals surface area contributed by atoms with Crippen LogP contribution in [0.15, 0.2) is 39.4 Å². The summed E-state index contributed by atoms with van der Waals surface area (Å²) in [5, 5.41) is 7.48. The molecule has 0 spiro atoms. The van der Waals surface area contributed by atoms with Gasteiger partial charge in [-0.15, -0.1) is 0 Å². The van der Waals surface area contributed by atoms with Crippen LogP contribution in [0.3, 0.4) is 0 Å². The maximum Gasteiger partial charge on any atom is 0.0571 e. The van der Waals surface area contributed by atoms with Crippen LogP contribution in [0.1, 0.15) is 5.69 Å². The number of aryl methyl sites for hydroxylation is 1. The Labute approximate surface area is 111 Å². The van der Waals surface area contributed by atoms with E-state index in [2.05, 4.69) is 42.3 Å². The van der Waals surface area contributed by atoms with Gasteiger partial charge < -0.3 is 5.32 Å². The highest BCUT2D eigenvalue weighted by molar-refractivity contribution is 9.11. The van der Waals surface area contributed by atoms with Crippen molar-refractivity contribution in [2.24, 2.45) is 7.05 Å². The van der Waals surface area contributed by atoms with Crippen molar-refractivity contribution < 1.29 is 0 Å². The second-order valence-corrected chi connectivity index (χ2v) is 5.19. The second kappa shape index (κ2) is 5.01. The molecule has 2 aromatic rings. The molecule has 0 saturated carbocycles. The first kappa shape index (κ1) is 11.7. The number of nitrogens with one attached hydrogen (secondary N) is 1. The average Bonchev–Trinajstić information content (AvgIpc) is 2.63. The third-order valence-electron chi connectivity index (χ3n) is 2.31. The summed E-state index contributed by atoms with van der Waals surface area (Å²) in [7, 11) is 1.94. The van der Waals surface area contributed by atoms with E-state index in [1.807, 2.05) is 36.0 Å². The molecule has 84 valence electrons. The summed E-state index contributed by atoms with van der Waals surface area (Å²) < 4.78 is 3.97. The van der Waals surface area contributed by atoms with Gasteiger partial charge in [0, 0.05) is 27.9 Å². The zero-order chi connectivity index (χ0) is 11.5. The molecule has 0 bridgehead atoms. The Hall–Kier alpha value is -0.810. The molecule has 0 radical (unpaired) electrons. The van der Waals surface area contributed by atoms with Crippen LogP contribution in [0.4, 0.5) is 5.69 Å². The smallest absolute Gasteiger partial charge is 0.0571 e. The molecule has 0 aliphatic heterocycles. The minimum absolute atomic E-state index is 0.761. The first-order valence-corrected chi connectivity index (χ1v) is 6.41. The summed E-state index contributed by atoms with van der Waals surface area (Å²) in [6.45, 7) is 0.761. The largest absolute Gasteiger partial charge is 0.378 e. The number of nitrogens with zero attached hydrogens (tertiary/aromatic N) is 2. The Morgan fingerprint density at radius 3 is 2.75 bits per heavy atom. The lowest BCUT2D eigenvalue weighted by Crippen LogP contribution is -2.05. The third kappa shape index (κ3) is 2.65. The Balaban J connectivity index is 2.08. The highest BCUT2D eigenvalue weighted by atomic mass is 79.9. The summed E-state index contributed by atoms with van der Waals surface area (Å²) in [5.74, 6) is 0. The average molecular weight is 345 g/mol. The van der Waals surface area contributed by atoms with Crippen LogP contribution in [0, 0.1) is 0 Å². The van der Waals surface area contributed by atoms with E-state index >= 15 is 0 Å². The van der Waals surface area contributed by atoms with Gasteiger partial charge in [0.2, 0.25) is 0 Å². The van der Waals surface area contributed by atoms with Crippen LogP contribution in [-0.2, 0) is 13.6 Å². The summed E-state index contributed by atoms with van der Waals surface area (Å²) in [6.07, 6.45) is 1.80. The maximum atomic E-state index is 4.12. The van der Waals surface area contributed by atoms with Crippen molar-refractivity contribution in [1.82, 2.24) is 9.78 Å². The quantitative estimate of drug-likeness (QED) is 0.922. The zero-order valence-corrected chi connectivity index (χ0v) is 11.9. The molecule has 0 fully saturated rings. The van der Waals surface area contributed by atoms with Crippen LogP contribution in [0.25, 0.3) is 0 Å². The summed E-state index contributed by atoms with van der Waals surface area (Å²) in [5.41, 5.74) is 2.22. The summed E-state index contributed by atoms with van der Waals surface area (Å²) >= 11 is 6.94. The van der Waals surface area contributed by atoms with E-state index in [9.17, 15) is 0 Å². The monoisotopic (exact) mass is 343 g/mol. The van der Waals surface area contributed by atoms with E-state index in [1.165, 1.54) is 0 Å². The van der Waals surface area contributed by atoms with Gasteiger partial charge in [0.1, 0.15) is 0 Å². The van der Waals surface area contributed by atoms with Crippen molar-refractivity contribution >= 4 is 37.5 Å². The molecule has 3 nitrogen and oxygen atoms in total. The van der Waals surface area contributed by atoms with Crippen LogP contribution in [0.2, 0.25) is 0 Å². The fourth-order valence-electron chi connectivity index (χ4n) is 1.39. The van der Waals surface area contributed by atoms with Gasteiger partial charge in [-0.3, -0.25) is 4.68 Å². The lowest BCUT2D eigenvalue weighted by Gasteiger charge is -2.08. The Kier molecular flexibility index (Phi) is 3.66. The van der Waals surface area contributed by atoms with Crippen molar-refractivity contribution in [2.75, 3.05) is 5.32 Å². The molecular weight excluding hydrogens is 334 g/mol. The number of hydrogen-bond donors (Lipinski definition) is 1. The van der Waals surface area contributed by atoms with Gasteiger partial charge in [0.05, 0.1) is 12.2 Å². The number of anilines is 1. The molecule has 5 heteroatoms. The van der Waals surface area contributed by atoms with E-state index < -0.39 is 0 Å². The van der Waals surface area contributed by atoms with Gasteiger partial charge in [0.25, 0.3) is 0 Å². The van der Waals surface area contributed by atoms with E-state index in [0.29, 0.717) is 0 Å². The van der Waals surface area contributed by atoms with Gasteiger partial charge >= 0.3 is 0 Å². The molecule has 1 heterocycles. The van der Waals surface area contributed by atoms with Crippen molar-refractivity contribution in [3.63, 3.8) is 0 Å². The molecule has 16 heavy (non-hydrogen) atoms. The zero-order valence-electron chi connectivity index (χ0n) is 8.74. The SMILES string of the molecule is Cn1nccc1CNc1ccc(Br)cc1Br. The number of hydrogen-bond acceptors (Lipinski definition) is 2. The number of benzene rings is 1. The molecule has 2 rings (SSSR count). The second-order valence-electron chi connectivity index (χ2n) is 3.42. The number of rotatable bonds is 3. The summed E-state index contributed by atoms with van der Waals surface area (Å²) in [6, 6.07) is 8.06. The van der Waals surface area contributed by atoms with Crippen LogP contribution >= 0.6 is 31.9 Å². The van der Waals surface area contributed by atoms with Crippen LogP contribution < -0.4 is 5.32 Å². The predicted molar refractivity (Wildman–Crippen MR) is 72.4 cm³/mol. The molecule has 0 amide bonds. The lowest BCUT2D eigenvalue weighted by molar-refractivity contribution is 0.720. The molecule has 1 N–H and O–H groups in total. The van der Waals surface area contributed by atoms with Crippen LogP contribution in [0.5, 0.6) is 0 Å². The molecule has 0 atom stereocenters. The fourth-order valence-corrected chi connectivity index (χ4v) is 2.58. The van der Waals surface area contributed by atoms with Crippen molar-refractivity contribution in [2.45, 2.75) is 6.54 Å². The minimum atomic E-state index is 0.761. The first-order valence-electron chi connectivity index (χ1n) is 4.82. The van der Waals surface area contributed by atoms with Crippen molar-refractivity contribution in [1.29, 1.82) is 0 Å². The Morgan fingerprint density at radius 1 is 1.31 bits per heavy atom. The molecule has 1 aromatic heterocycles. The highest BCUT2D eigenvalue weighted by Gasteiger charge is 2.02.